The number of hydrogen-bond acceptors (Lipinski definition) is 6. The minimum atomic E-state index is -1.42. The molecule has 2 aliphatic heterocycles. The van der Waals surface area contributed by atoms with E-state index >= 15 is 0 Å². The highest BCUT2D eigenvalue weighted by Gasteiger charge is 2.56. The van der Waals surface area contributed by atoms with Gasteiger partial charge in [-0.05, 0) is 19.9 Å². The smallest absolute Gasteiger partial charge is 0.225 e. The summed E-state index contributed by atoms with van der Waals surface area (Å²) in [6.07, 6.45) is 0. The minimum absolute atomic E-state index is 0.123. The van der Waals surface area contributed by atoms with Crippen molar-refractivity contribution in [2.75, 3.05) is 4.90 Å². The van der Waals surface area contributed by atoms with Gasteiger partial charge in [0.05, 0.1) is 5.69 Å². The number of nitrogens with one attached hydrogen (secondary N) is 1. The molecule has 2 aliphatic rings. The maximum absolute atomic E-state index is 12.0. The predicted molar refractivity (Wildman–Crippen MR) is 84.2 cm³/mol. The molecule has 3 rings (SSSR count). The van der Waals surface area contributed by atoms with Gasteiger partial charge in [-0.1, -0.05) is 30.0 Å². The van der Waals surface area contributed by atoms with E-state index in [9.17, 15) is 9.90 Å². The van der Waals surface area contributed by atoms with Crippen LogP contribution in [0.15, 0.2) is 34.4 Å². The van der Waals surface area contributed by atoms with E-state index in [4.69, 9.17) is 0 Å². The molecular weight excluding hydrogens is 288 g/mol. The van der Waals surface area contributed by atoms with Crippen LogP contribution in [0.1, 0.15) is 26.3 Å². The largest absolute Gasteiger partial charge is 0.363 e. The number of carbonyl (C=O) groups is 1. The highest BCUT2D eigenvalue weighted by atomic mass is 32.2. The van der Waals surface area contributed by atoms with Crippen LogP contribution in [-0.4, -0.2) is 27.3 Å². The highest BCUT2D eigenvalue weighted by molar-refractivity contribution is 8.14. The molecule has 1 aromatic rings. The molecule has 0 saturated heterocycles. The summed E-state index contributed by atoms with van der Waals surface area (Å²) in [4.78, 5) is 17.9. The van der Waals surface area contributed by atoms with E-state index in [1.165, 1.54) is 18.7 Å². The molecule has 0 spiro atoms. The fourth-order valence-corrected chi connectivity index (χ4v) is 3.73. The van der Waals surface area contributed by atoms with Crippen LogP contribution in [0.3, 0.4) is 0 Å². The number of anilines is 1. The third-order valence-corrected chi connectivity index (χ3v) is 4.52. The number of carbonyl (C=O) groups excluding carboxylic acids is 1. The molecule has 1 amide bonds. The topological polar surface area (TPSA) is 77.3 Å². The first-order valence-corrected chi connectivity index (χ1v) is 7.46. The Morgan fingerprint density at radius 3 is 2.81 bits per heavy atom. The van der Waals surface area contributed by atoms with Crippen LogP contribution >= 0.6 is 11.8 Å². The highest BCUT2D eigenvalue weighted by Crippen LogP contribution is 2.52. The first kappa shape index (κ1) is 14.1. The van der Waals surface area contributed by atoms with Crippen molar-refractivity contribution < 1.29 is 9.90 Å². The Balaban J connectivity index is 2.03. The Morgan fingerprint density at radius 1 is 1.43 bits per heavy atom. The van der Waals surface area contributed by atoms with Gasteiger partial charge in [-0.15, -0.1) is 0 Å². The monoisotopic (exact) mass is 304 g/mol. The zero-order chi connectivity index (χ0) is 15.2. The van der Waals surface area contributed by atoms with Crippen molar-refractivity contribution >= 4 is 34.2 Å². The second kappa shape index (κ2) is 4.85. The number of rotatable bonds is 1. The van der Waals surface area contributed by atoms with Crippen molar-refractivity contribution in [3.63, 3.8) is 0 Å². The molecule has 21 heavy (non-hydrogen) atoms. The fourth-order valence-electron chi connectivity index (χ4n) is 2.52. The van der Waals surface area contributed by atoms with Crippen LogP contribution < -0.4 is 10.3 Å². The molecule has 0 radical (unpaired) electrons. The third-order valence-electron chi connectivity index (χ3n) is 3.35. The molecule has 2 heterocycles. The number of aliphatic imine (C=N–C) groups is 1. The van der Waals surface area contributed by atoms with Gasteiger partial charge in [-0.25, -0.2) is 4.99 Å². The number of hydrazone groups is 1. The number of benzene rings is 1. The summed E-state index contributed by atoms with van der Waals surface area (Å²) in [7, 11) is 0. The third kappa shape index (κ3) is 2.13. The predicted octanol–water partition coefficient (Wildman–Crippen LogP) is 1.61. The van der Waals surface area contributed by atoms with E-state index in [0.29, 0.717) is 16.4 Å². The van der Waals surface area contributed by atoms with Crippen molar-refractivity contribution in [1.29, 1.82) is 0 Å². The average molecular weight is 304 g/mol. The molecule has 0 unspecified atom stereocenters. The van der Waals surface area contributed by atoms with Gasteiger partial charge in [0.15, 0.2) is 5.17 Å². The number of amides is 1. The normalized spacial score (nSPS) is 26.0. The van der Waals surface area contributed by atoms with Crippen molar-refractivity contribution in [3.8, 4) is 0 Å². The quantitative estimate of drug-likeness (QED) is 0.610. The van der Waals surface area contributed by atoms with Crippen LogP contribution in [0.2, 0.25) is 0 Å². The van der Waals surface area contributed by atoms with Crippen molar-refractivity contribution in [2.24, 2.45) is 10.1 Å². The Labute approximate surface area is 126 Å². The Kier molecular flexibility index (Phi) is 3.26. The zero-order valence-electron chi connectivity index (χ0n) is 12.0. The second-order valence-electron chi connectivity index (χ2n) is 5.19. The number of thioether (sulfide) groups is 1. The first-order valence-electron chi connectivity index (χ1n) is 6.58. The van der Waals surface area contributed by atoms with E-state index in [1.54, 1.807) is 11.0 Å². The van der Waals surface area contributed by atoms with Crippen LogP contribution in [0.5, 0.6) is 0 Å². The van der Waals surface area contributed by atoms with Gasteiger partial charge < -0.3 is 5.11 Å². The lowest BCUT2D eigenvalue weighted by Gasteiger charge is -2.24. The maximum atomic E-state index is 12.0. The summed E-state index contributed by atoms with van der Waals surface area (Å²) in [6.45, 7) is 5.21. The lowest BCUT2D eigenvalue weighted by atomic mass is 10.1. The fraction of sp³-hybridized carbons (Fsp3) is 0.357. The van der Waals surface area contributed by atoms with Crippen molar-refractivity contribution in [2.45, 2.75) is 31.9 Å². The number of hydrogen-bond donors (Lipinski definition) is 2. The average Bonchev–Trinajstić information content (AvgIpc) is 2.86. The van der Waals surface area contributed by atoms with Crippen molar-refractivity contribution in [1.82, 2.24) is 5.43 Å². The summed E-state index contributed by atoms with van der Waals surface area (Å²) in [5.74, 6) is -0.123. The maximum Gasteiger partial charge on any atom is 0.225 e. The Hall–Kier alpha value is -1.86. The second-order valence-corrected chi connectivity index (χ2v) is 6.26. The summed E-state index contributed by atoms with van der Waals surface area (Å²) >= 11 is 1.30. The first-order chi connectivity index (χ1) is 9.93. The molecule has 0 aromatic heterocycles. The van der Waals surface area contributed by atoms with Crippen molar-refractivity contribution in [3.05, 3.63) is 29.8 Å². The number of nitrogens with zero attached hydrogens (tertiary/aromatic N) is 3. The van der Waals surface area contributed by atoms with Gasteiger partial charge in [0.25, 0.3) is 0 Å². The van der Waals surface area contributed by atoms with Gasteiger partial charge in [0.2, 0.25) is 11.6 Å². The minimum Gasteiger partial charge on any atom is -0.363 e. The lowest BCUT2D eigenvalue weighted by Crippen LogP contribution is -2.41. The Morgan fingerprint density at radius 2 is 2.14 bits per heavy atom. The molecule has 7 heteroatoms. The molecular formula is C14H16N4O2S. The molecule has 0 saturated carbocycles. The molecule has 1 aromatic carbocycles. The molecule has 0 aliphatic carbocycles. The number of fused-ring (bicyclic) bond motifs is 3. The Bertz CT molecular complexity index is 669. The molecule has 2 atom stereocenters. The molecule has 0 fully saturated rings. The van der Waals surface area contributed by atoms with E-state index < -0.39 is 11.1 Å². The van der Waals surface area contributed by atoms with Gasteiger partial charge in [0, 0.05) is 18.2 Å². The van der Waals surface area contributed by atoms with E-state index in [1.807, 2.05) is 32.0 Å². The standard InChI is InChI=1S/C14H16N4O2S/c1-8(2)16-17-13-15-14(20)10-6-4-5-7-11(10)18(9(3)19)12(14)21-13/h4-7,12,20H,1-3H3,(H,15,17)/t12-,14-/m1/s1. The van der Waals surface area contributed by atoms with Gasteiger partial charge in [-0.3, -0.25) is 15.1 Å². The summed E-state index contributed by atoms with van der Waals surface area (Å²) < 4.78 is 0. The van der Waals surface area contributed by atoms with Gasteiger partial charge in [-0.2, -0.15) is 5.10 Å². The number of para-hydroxylation sites is 1. The van der Waals surface area contributed by atoms with Gasteiger partial charge >= 0.3 is 0 Å². The van der Waals surface area contributed by atoms with Crippen LogP contribution in [-0.2, 0) is 10.5 Å². The van der Waals surface area contributed by atoms with Crippen LogP contribution in [0.25, 0.3) is 0 Å². The summed E-state index contributed by atoms with van der Waals surface area (Å²) in [6, 6.07) is 7.30. The molecule has 110 valence electrons. The number of amidine groups is 1. The molecule has 6 nitrogen and oxygen atoms in total. The zero-order valence-corrected chi connectivity index (χ0v) is 12.8. The SMILES string of the molecule is CC(=O)N1c2ccccc2[C@]2(O)N=C(NN=C(C)C)S[C@@H]12. The molecule has 2 N–H and O–H groups in total. The van der Waals surface area contributed by atoms with E-state index in [2.05, 4.69) is 15.5 Å². The number of aliphatic hydroxyl groups is 1. The summed E-state index contributed by atoms with van der Waals surface area (Å²) in [5.41, 5.74) is 3.61. The summed E-state index contributed by atoms with van der Waals surface area (Å²) in [5, 5.41) is 15.0. The van der Waals surface area contributed by atoms with Gasteiger partial charge in [0.1, 0.15) is 5.37 Å². The van der Waals surface area contributed by atoms with E-state index in [0.717, 1.165) is 5.71 Å². The lowest BCUT2D eigenvalue weighted by molar-refractivity contribution is -0.117. The molecule has 0 bridgehead atoms. The van der Waals surface area contributed by atoms with Crippen LogP contribution in [0.4, 0.5) is 5.69 Å². The van der Waals surface area contributed by atoms with Crippen LogP contribution in [0, 0.1) is 0 Å². The van der Waals surface area contributed by atoms with E-state index in [-0.39, 0.29) is 5.91 Å².